The molecule has 0 aromatic heterocycles. The zero-order chi connectivity index (χ0) is 17.7. The Kier molecular flexibility index (Phi) is 6.33. The molecule has 22 heavy (non-hydrogen) atoms. The maximum atomic E-state index is 11.9. The first-order valence-corrected chi connectivity index (χ1v) is 5.26. The van der Waals surface area contributed by atoms with Crippen LogP contribution in [0.4, 0.5) is 26.3 Å². The van der Waals surface area contributed by atoms with Crippen molar-refractivity contribution in [2.75, 3.05) is 0 Å². The van der Waals surface area contributed by atoms with E-state index in [1.165, 1.54) is 0 Å². The molecule has 0 heterocycles. The Morgan fingerprint density at radius 1 is 0.909 bits per heavy atom. The first kappa shape index (κ1) is 19.7. The zero-order valence-electron chi connectivity index (χ0n) is 10.3. The van der Waals surface area contributed by atoms with Crippen LogP contribution >= 0.6 is 0 Å². The highest BCUT2D eigenvalue weighted by Crippen LogP contribution is 2.16. The Morgan fingerprint density at radius 2 is 1.36 bits per heavy atom. The predicted molar refractivity (Wildman–Crippen MR) is 54.1 cm³/mol. The summed E-state index contributed by atoms with van der Waals surface area (Å²) in [4.78, 5) is 42.4. The van der Waals surface area contributed by atoms with Gasteiger partial charge in [0.2, 0.25) is 5.91 Å². The number of imide groups is 1. The van der Waals surface area contributed by atoms with Gasteiger partial charge in [0.15, 0.2) is 0 Å². The fourth-order valence-corrected chi connectivity index (χ4v) is 1.03. The molecule has 3 N–H and O–H groups in total. The molecule has 7 nitrogen and oxygen atoms in total. The monoisotopic (exact) mass is 338 g/mol. The summed E-state index contributed by atoms with van der Waals surface area (Å²) >= 11 is 0. The number of nitrogens with one attached hydrogen (secondary N) is 2. The van der Waals surface area contributed by atoms with Crippen molar-refractivity contribution in [1.82, 2.24) is 10.6 Å². The van der Waals surface area contributed by atoms with Crippen molar-refractivity contribution < 1.29 is 50.6 Å². The molecule has 0 aliphatic heterocycles. The highest BCUT2D eigenvalue weighted by molar-refractivity contribution is 5.98. The lowest BCUT2D eigenvalue weighted by Gasteiger charge is -2.15. The van der Waals surface area contributed by atoms with Crippen molar-refractivity contribution in [3.63, 3.8) is 0 Å². The van der Waals surface area contributed by atoms with E-state index in [4.69, 9.17) is 5.11 Å². The first-order chi connectivity index (χ1) is 9.75. The summed E-state index contributed by atoms with van der Waals surface area (Å²) in [6, 6.07) is -2.17. The number of carboxylic acid groups (broad SMARTS) is 1. The second-order valence-corrected chi connectivity index (χ2v) is 3.78. The van der Waals surface area contributed by atoms with Gasteiger partial charge in [0, 0.05) is 6.42 Å². The van der Waals surface area contributed by atoms with E-state index in [2.05, 4.69) is 0 Å². The molecule has 0 saturated heterocycles. The molecule has 0 bridgehead atoms. The maximum Gasteiger partial charge on any atom is 0.471 e. The predicted octanol–water partition coefficient (Wildman–Crippen LogP) is 0.103. The number of halogens is 6. The molecule has 126 valence electrons. The average Bonchev–Trinajstić information content (AvgIpc) is 2.31. The minimum absolute atomic E-state index is 0.867. The number of carboxylic acids is 1. The molecule has 0 fully saturated rings. The van der Waals surface area contributed by atoms with Gasteiger partial charge in [-0.2, -0.15) is 26.3 Å². The number of hydrogen-bond acceptors (Lipinski definition) is 4. The van der Waals surface area contributed by atoms with Gasteiger partial charge in [0.25, 0.3) is 0 Å². The Hall–Kier alpha value is -2.34. The topological polar surface area (TPSA) is 113 Å². The van der Waals surface area contributed by atoms with Crippen LogP contribution in [0.25, 0.3) is 0 Å². The van der Waals surface area contributed by atoms with E-state index in [1.807, 2.05) is 0 Å². The zero-order valence-corrected chi connectivity index (χ0v) is 10.3. The number of hydrogen-bond donors (Lipinski definition) is 3. The van der Waals surface area contributed by atoms with Gasteiger partial charge >= 0.3 is 30.1 Å². The molecule has 1 atom stereocenters. The summed E-state index contributed by atoms with van der Waals surface area (Å²) in [5, 5.41) is 10.5. The van der Waals surface area contributed by atoms with Gasteiger partial charge in [-0.3, -0.25) is 19.7 Å². The third kappa shape index (κ3) is 6.90. The SMILES string of the molecule is O=C(CC[C@H](NC(=O)C(F)(F)F)C(=O)O)NC(=O)C(F)(F)F. The van der Waals surface area contributed by atoms with Crippen LogP contribution < -0.4 is 10.6 Å². The number of alkyl halides is 6. The molecule has 0 aromatic carbocycles. The highest BCUT2D eigenvalue weighted by atomic mass is 19.4. The van der Waals surface area contributed by atoms with Crippen molar-refractivity contribution in [2.45, 2.75) is 31.2 Å². The summed E-state index contributed by atoms with van der Waals surface area (Å²) < 4.78 is 71.2. The van der Waals surface area contributed by atoms with Crippen LogP contribution in [0.1, 0.15) is 12.8 Å². The summed E-state index contributed by atoms with van der Waals surface area (Å²) in [6.45, 7) is 0. The minimum Gasteiger partial charge on any atom is -0.480 e. The summed E-state index contributed by atoms with van der Waals surface area (Å²) in [6.07, 6.45) is -12.7. The van der Waals surface area contributed by atoms with Crippen LogP contribution in [0.2, 0.25) is 0 Å². The highest BCUT2D eigenvalue weighted by Gasteiger charge is 2.41. The number of carbonyl (C=O) groups excluding carboxylic acids is 3. The van der Waals surface area contributed by atoms with Crippen molar-refractivity contribution >= 4 is 23.7 Å². The first-order valence-electron chi connectivity index (χ1n) is 5.26. The summed E-state index contributed by atoms with van der Waals surface area (Å²) in [5.74, 6) is -8.70. The van der Waals surface area contributed by atoms with Crippen molar-refractivity contribution in [1.29, 1.82) is 0 Å². The minimum atomic E-state index is -5.37. The lowest BCUT2D eigenvalue weighted by molar-refractivity contribution is -0.175. The fourth-order valence-electron chi connectivity index (χ4n) is 1.03. The Bertz CT molecular complexity index is 472. The Balaban J connectivity index is 4.56. The van der Waals surface area contributed by atoms with Crippen LogP contribution in [0.5, 0.6) is 0 Å². The van der Waals surface area contributed by atoms with Crippen LogP contribution in [0, 0.1) is 0 Å². The van der Waals surface area contributed by atoms with E-state index < -0.39 is 54.9 Å². The molecule has 0 aliphatic carbocycles. The fraction of sp³-hybridized carbons (Fsp3) is 0.556. The van der Waals surface area contributed by atoms with Gasteiger partial charge in [-0.15, -0.1) is 0 Å². The Morgan fingerprint density at radius 3 is 1.73 bits per heavy atom. The molecule has 0 saturated carbocycles. The molecule has 0 unspecified atom stereocenters. The van der Waals surface area contributed by atoms with Gasteiger partial charge < -0.3 is 10.4 Å². The van der Waals surface area contributed by atoms with Crippen molar-refractivity contribution in [3.05, 3.63) is 0 Å². The molecule has 0 aliphatic rings. The second-order valence-electron chi connectivity index (χ2n) is 3.78. The van der Waals surface area contributed by atoms with Crippen LogP contribution in [-0.2, 0) is 19.2 Å². The maximum absolute atomic E-state index is 11.9. The van der Waals surface area contributed by atoms with Crippen LogP contribution in [0.15, 0.2) is 0 Å². The lowest BCUT2D eigenvalue weighted by atomic mass is 10.1. The second kappa shape index (κ2) is 7.09. The smallest absolute Gasteiger partial charge is 0.471 e. The van der Waals surface area contributed by atoms with Gasteiger partial charge in [0.1, 0.15) is 6.04 Å². The average molecular weight is 338 g/mol. The summed E-state index contributed by atoms with van der Waals surface area (Å²) in [7, 11) is 0. The van der Waals surface area contributed by atoms with E-state index in [-0.39, 0.29) is 0 Å². The van der Waals surface area contributed by atoms with E-state index >= 15 is 0 Å². The third-order valence-corrected chi connectivity index (χ3v) is 2.03. The molecule has 0 rings (SSSR count). The van der Waals surface area contributed by atoms with Crippen molar-refractivity contribution in [3.8, 4) is 0 Å². The van der Waals surface area contributed by atoms with Gasteiger partial charge in [-0.05, 0) is 6.42 Å². The largest absolute Gasteiger partial charge is 0.480 e. The standard InChI is InChI=1S/C9H8F6N2O5/c10-8(11,12)6(21)16-3(5(19)20)1-2-4(18)17-7(22)9(13,14)15/h3H,1-2H2,(H,16,21)(H,19,20)(H,17,18,22)/t3-/m0/s1. The quantitative estimate of drug-likeness (QED) is 0.616. The third-order valence-electron chi connectivity index (χ3n) is 2.03. The Labute approximate surface area is 117 Å². The number of amides is 3. The van der Waals surface area contributed by atoms with E-state index in [1.54, 1.807) is 0 Å². The molecular weight excluding hydrogens is 330 g/mol. The normalized spacial score (nSPS) is 13.2. The molecule has 0 radical (unpaired) electrons. The molecular formula is C9H8F6N2O5. The van der Waals surface area contributed by atoms with E-state index in [9.17, 15) is 45.5 Å². The van der Waals surface area contributed by atoms with E-state index in [0.29, 0.717) is 0 Å². The number of aliphatic carboxylic acids is 1. The summed E-state index contributed by atoms with van der Waals surface area (Å²) in [5.41, 5.74) is 0. The molecule has 13 heteroatoms. The van der Waals surface area contributed by atoms with Crippen LogP contribution in [-0.4, -0.2) is 47.2 Å². The van der Waals surface area contributed by atoms with E-state index in [0.717, 1.165) is 10.6 Å². The van der Waals surface area contributed by atoms with Crippen LogP contribution in [0.3, 0.4) is 0 Å². The number of rotatable bonds is 5. The van der Waals surface area contributed by atoms with Crippen molar-refractivity contribution in [2.24, 2.45) is 0 Å². The van der Waals surface area contributed by atoms with Gasteiger partial charge in [-0.1, -0.05) is 0 Å². The molecule has 0 spiro atoms. The van der Waals surface area contributed by atoms with Gasteiger partial charge in [-0.25, -0.2) is 4.79 Å². The number of carbonyl (C=O) groups is 4. The lowest BCUT2D eigenvalue weighted by Crippen LogP contribution is -2.47. The molecule has 0 aromatic rings. The molecule has 3 amide bonds. The van der Waals surface area contributed by atoms with Gasteiger partial charge in [0.05, 0.1) is 0 Å².